The van der Waals surface area contributed by atoms with Gasteiger partial charge >= 0.3 is 5.97 Å². The molecule has 1 amide bonds. The highest BCUT2D eigenvalue weighted by Crippen LogP contribution is 2.38. The molecule has 4 aromatic rings. The first-order chi connectivity index (χ1) is 17.5. The topological polar surface area (TPSA) is 114 Å². The average Bonchev–Trinajstić information content (AvgIpc) is 3.42. The van der Waals surface area contributed by atoms with Crippen LogP contribution in [-0.4, -0.2) is 48.0 Å². The summed E-state index contributed by atoms with van der Waals surface area (Å²) in [6.07, 6.45) is 3.09. The second-order valence-corrected chi connectivity index (χ2v) is 7.57. The molecule has 0 radical (unpaired) electrons. The summed E-state index contributed by atoms with van der Waals surface area (Å²) in [5.41, 5.74) is 2.24. The van der Waals surface area contributed by atoms with E-state index in [0.29, 0.717) is 46.4 Å². The van der Waals surface area contributed by atoms with Crippen molar-refractivity contribution in [1.29, 1.82) is 0 Å². The van der Waals surface area contributed by atoms with Gasteiger partial charge in [0, 0.05) is 11.3 Å². The standard InChI is InChI=1S/C26H24N4O6/c1-33-22-12-19(13-23(34-2)24(22)35-3)25(31)29-20-8-10-21(11-9-20)36-26(32)18-6-4-17(5-7-18)14-30-16-27-15-28-30/h4-13,15-16H,14H2,1-3H3,(H,29,31). The van der Waals surface area contributed by atoms with Gasteiger partial charge in [0.15, 0.2) is 11.5 Å². The number of ether oxygens (including phenoxy) is 4. The first-order valence-corrected chi connectivity index (χ1v) is 10.9. The number of rotatable bonds is 9. The molecule has 1 N–H and O–H groups in total. The van der Waals surface area contributed by atoms with Gasteiger partial charge in [-0.05, 0) is 54.1 Å². The van der Waals surface area contributed by atoms with Crippen LogP contribution in [0.25, 0.3) is 0 Å². The smallest absolute Gasteiger partial charge is 0.343 e. The number of anilines is 1. The number of amides is 1. The molecule has 1 heterocycles. The van der Waals surface area contributed by atoms with Gasteiger partial charge in [0.05, 0.1) is 33.4 Å². The molecule has 4 rings (SSSR count). The molecule has 0 saturated heterocycles. The highest BCUT2D eigenvalue weighted by Gasteiger charge is 2.17. The van der Waals surface area contributed by atoms with Crippen LogP contribution in [0.3, 0.4) is 0 Å². The summed E-state index contributed by atoms with van der Waals surface area (Å²) >= 11 is 0. The van der Waals surface area contributed by atoms with Gasteiger partial charge in [0.2, 0.25) is 5.75 Å². The second kappa shape index (κ2) is 11.0. The van der Waals surface area contributed by atoms with Gasteiger partial charge in [-0.1, -0.05) is 12.1 Å². The van der Waals surface area contributed by atoms with Gasteiger partial charge in [-0.3, -0.25) is 4.79 Å². The molecule has 0 atom stereocenters. The fraction of sp³-hybridized carbons (Fsp3) is 0.154. The fourth-order valence-corrected chi connectivity index (χ4v) is 3.44. The molecule has 0 saturated carbocycles. The third-order valence-corrected chi connectivity index (χ3v) is 5.25. The molecule has 184 valence electrons. The Bertz CT molecular complexity index is 1310. The number of hydrogen-bond acceptors (Lipinski definition) is 8. The number of aromatic nitrogens is 3. The minimum atomic E-state index is -0.489. The normalized spacial score (nSPS) is 10.4. The number of nitrogens with zero attached hydrogens (tertiary/aromatic N) is 3. The van der Waals surface area contributed by atoms with Crippen molar-refractivity contribution in [3.8, 4) is 23.0 Å². The molecule has 0 spiro atoms. The predicted octanol–water partition coefficient (Wildman–Crippen LogP) is 3.82. The van der Waals surface area contributed by atoms with Crippen LogP contribution >= 0.6 is 0 Å². The van der Waals surface area contributed by atoms with E-state index in [1.165, 1.54) is 27.7 Å². The summed E-state index contributed by atoms with van der Waals surface area (Å²) in [5, 5.41) is 6.85. The highest BCUT2D eigenvalue weighted by molar-refractivity contribution is 6.05. The highest BCUT2D eigenvalue weighted by atomic mass is 16.5. The van der Waals surface area contributed by atoms with Crippen molar-refractivity contribution in [2.24, 2.45) is 0 Å². The third kappa shape index (κ3) is 5.61. The Balaban J connectivity index is 1.38. The van der Waals surface area contributed by atoms with Crippen LogP contribution in [0.15, 0.2) is 73.3 Å². The fourth-order valence-electron chi connectivity index (χ4n) is 3.44. The van der Waals surface area contributed by atoms with Crippen LogP contribution < -0.4 is 24.3 Å². The Morgan fingerprint density at radius 3 is 2.08 bits per heavy atom. The van der Waals surface area contributed by atoms with E-state index in [1.807, 2.05) is 12.1 Å². The van der Waals surface area contributed by atoms with E-state index in [4.69, 9.17) is 18.9 Å². The van der Waals surface area contributed by atoms with Gasteiger partial charge in [0.1, 0.15) is 18.4 Å². The summed E-state index contributed by atoms with van der Waals surface area (Å²) in [6.45, 7) is 0.554. The minimum Gasteiger partial charge on any atom is -0.493 e. The lowest BCUT2D eigenvalue weighted by atomic mass is 10.1. The molecular weight excluding hydrogens is 464 g/mol. The lowest BCUT2D eigenvalue weighted by molar-refractivity contribution is 0.0734. The van der Waals surface area contributed by atoms with Crippen molar-refractivity contribution in [1.82, 2.24) is 14.8 Å². The van der Waals surface area contributed by atoms with Gasteiger partial charge in [0.25, 0.3) is 5.91 Å². The van der Waals surface area contributed by atoms with E-state index in [9.17, 15) is 9.59 Å². The molecule has 0 fully saturated rings. The number of nitrogens with one attached hydrogen (secondary N) is 1. The van der Waals surface area contributed by atoms with Crippen molar-refractivity contribution >= 4 is 17.6 Å². The van der Waals surface area contributed by atoms with E-state index in [0.717, 1.165) is 5.56 Å². The lowest BCUT2D eigenvalue weighted by Gasteiger charge is -2.14. The predicted molar refractivity (Wildman–Crippen MR) is 131 cm³/mol. The molecule has 0 aliphatic carbocycles. The average molecular weight is 489 g/mol. The Kier molecular flexibility index (Phi) is 7.45. The summed E-state index contributed by atoms with van der Waals surface area (Å²) in [6, 6.07) is 16.7. The van der Waals surface area contributed by atoms with Crippen molar-refractivity contribution in [3.63, 3.8) is 0 Å². The number of esters is 1. The monoisotopic (exact) mass is 488 g/mol. The minimum absolute atomic E-state index is 0.326. The maximum atomic E-state index is 12.8. The van der Waals surface area contributed by atoms with Crippen molar-refractivity contribution in [2.45, 2.75) is 6.54 Å². The van der Waals surface area contributed by atoms with E-state index in [2.05, 4.69) is 15.4 Å². The Morgan fingerprint density at radius 2 is 1.53 bits per heavy atom. The molecule has 0 unspecified atom stereocenters. The summed E-state index contributed by atoms with van der Waals surface area (Å²) in [4.78, 5) is 29.2. The molecule has 36 heavy (non-hydrogen) atoms. The molecule has 0 bridgehead atoms. The quantitative estimate of drug-likeness (QED) is 0.279. The first-order valence-electron chi connectivity index (χ1n) is 10.9. The van der Waals surface area contributed by atoms with Crippen molar-refractivity contribution in [3.05, 3.63) is 90.0 Å². The van der Waals surface area contributed by atoms with Gasteiger partial charge < -0.3 is 24.3 Å². The molecule has 0 aliphatic heterocycles. The van der Waals surface area contributed by atoms with Crippen LogP contribution in [-0.2, 0) is 6.54 Å². The zero-order chi connectivity index (χ0) is 25.5. The van der Waals surface area contributed by atoms with E-state index < -0.39 is 5.97 Å². The number of hydrogen-bond donors (Lipinski definition) is 1. The van der Waals surface area contributed by atoms with Gasteiger partial charge in [-0.25, -0.2) is 14.5 Å². The number of carbonyl (C=O) groups is 2. The van der Waals surface area contributed by atoms with E-state index >= 15 is 0 Å². The van der Waals surface area contributed by atoms with Crippen LogP contribution in [0.1, 0.15) is 26.3 Å². The van der Waals surface area contributed by atoms with Crippen LogP contribution in [0.4, 0.5) is 5.69 Å². The summed E-state index contributed by atoms with van der Waals surface area (Å²) < 4.78 is 23.0. The molecule has 10 nitrogen and oxygen atoms in total. The second-order valence-electron chi connectivity index (χ2n) is 7.57. The maximum Gasteiger partial charge on any atom is 0.343 e. The van der Waals surface area contributed by atoms with Gasteiger partial charge in [-0.15, -0.1) is 0 Å². The van der Waals surface area contributed by atoms with Crippen molar-refractivity contribution < 1.29 is 28.5 Å². The molecule has 1 aromatic heterocycles. The lowest BCUT2D eigenvalue weighted by Crippen LogP contribution is -2.13. The Morgan fingerprint density at radius 1 is 0.861 bits per heavy atom. The Hall–Kier alpha value is -4.86. The Labute approximate surface area is 207 Å². The van der Waals surface area contributed by atoms with Crippen molar-refractivity contribution in [2.75, 3.05) is 26.6 Å². The maximum absolute atomic E-state index is 12.8. The van der Waals surface area contributed by atoms with Gasteiger partial charge in [-0.2, -0.15) is 5.10 Å². The SMILES string of the molecule is COc1cc(C(=O)Nc2ccc(OC(=O)c3ccc(Cn4cncn4)cc3)cc2)cc(OC)c1OC. The number of benzene rings is 3. The van der Waals surface area contributed by atoms with Crippen LogP contribution in [0.5, 0.6) is 23.0 Å². The summed E-state index contributed by atoms with van der Waals surface area (Å²) in [5.74, 6) is 0.623. The van der Waals surface area contributed by atoms with Crippen LogP contribution in [0, 0.1) is 0 Å². The molecule has 3 aromatic carbocycles. The first kappa shape index (κ1) is 24.3. The van der Waals surface area contributed by atoms with E-state index in [-0.39, 0.29) is 5.91 Å². The number of carbonyl (C=O) groups excluding carboxylic acids is 2. The third-order valence-electron chi connectivity index (χ3n) is 5.25. The van der Waals surface area contributed by atoms with E-state index in [1.54, 1.807) is 59.5 Å². The zero-order valence-electron chi connectivity index (χ0n) is 19.9. The molecule has 10 heteroatoms. The van der Waals surface area contributed by atoms with Crippen LogP contribution in [0.2, 0.25) is 0 Å². The largest absolute Gasteiger partial charge is 0.493 e. The number of methoxy groups -OCH3 is 3. The molecular formula is C26H24N4O6. The molecule has 0 aliphatic rings. The summed E-state index contributed by atoms with van der Waals surface area (Å²) in [7, 11) is 4.45. The zero-order valence-corrected chi connectivity index (χ0v) is 19.9.